The average molecular weight is 247 g/mol. The number of aliphatic hydroxyl groups is 1. The summed E-state index contributed by atoms with van der Waals surface area (Å²) in [6.07, 6.45) is -0.114. The largest absolute Gasteiger partial charge is 0.480 e. The smallest absolute Gasteiger partial charge is 0.321 e. The lowest BCUT2D eigenvalue weighted by molar-refractivity contribution is -0.142. The maximum Gasteiger partial charge on any atom is 0.321 e. The van der Waals surface area contributed by atoms with Crippen molar-refractivity contribution in [3.8, 4) is 0 Å². The summed E-state index contributed by atoms with van der Waals surface area (Å²) in [6, 6.07) is -0.491. The molecule has 0 aromatic carbocycles. The summed E-state index contributed by atoms with van der Waals surface area (Å²) < 4.78 is 4.55. The number of ether oxygens (including phenoxy) is 1. The van der Waals surface area contributed by atoms with Crippen LogP contribution in [0.15, 0.2) is 0 Å². The molecule has 1 heterocycles. The molecule has 0 aromatic heterocycles. The predicted octanol–water partition coefficient (Wildman–Crippen LogP) is 0.0939. The third kappa shape index (κ3) is 6.91. The van der Waals surface area contributed by atoms with Gasteiger partial charge in [-0.25, -0.2) is 0 Å². The number of hydrogen-bond donors (Lipinski definition) is 2. The van der Waals surface area contributed by atoms with Gasteiger partial charge in [0.05, 0.1) is 6.10 Å². The number of carboxylic acids is 1. The zero-order valence-electron chi connectivity index (χ0n) is 10.7. The first-order chi connectivity index (χ1) is 7.67. The van der Waals surface area contributed by atoms with Gasteiger partial charge in [0, 0.05) is 13.0 Å². The first-order valence-electron chi connectivity index (χ1n) is 5.40. The number of aliphatic carboxylic acids is 1. The van der Waals surface area contributed by atoms with Gasteiger partial charge in [0.25, 0.3) is 6.47 Å². The van der Waals surface area contributed by atoms with E-state index >= 15 is 0 Å². The zero-order chi connectivity index (χ0) is 13.6. The number of carbonyl (C=O) groups excluding carboxylic acids is 1. The van der Waals surface area contributed by atoms with Gasteiger partial charge in [-0.2, -0.15) is 0 Å². The number of likely N-dealkylation sites (tertiary alicyclic amines) is 1. The molecule has 0 spiro atoms. The zero-order valence-corrected chi connectivity index (χ0v) is 10.7. The van der Waals surface area contributed by atoms with E-state index in [1.54, 1.807) is 11.9 Å². The van der Waals surface area contributed by atoms with Crippen LogP contribution < -0.4 is 0 Å². The van der Waals surface area contributed by atoms with E-state index in [0.717, 1.165) is 0 Å². The van der Waals surface area contributed by atoms with Crippen molar-refractivity contribution >= 4 is 12.4 Å². The maximum absolute atomic E-state index is 10.4. The Labute approximate surface area is 101 Å². The molecular weight excluding hydrogens is 226 g/mol. The lowest BCUT2D eigenvalue weighted by Crippen LogP contribution is -2.32. The molecule has 6 nitrogen and oxygen atoms in total. The summed E-state index contributed by atoms with van der Waals surface area (Å²) in [5.41, 5.74) is -0.318. The fourth-order valence-corrected chi connectivity index (χ4v) is 1.41. The molecule has 1 fully saturated rings. The van der Waals surface area contributed by atoms with Crippen molar-refractivity contribution in [2.45, 2.75) is 44.9 Å². The second-order valence-corrected chi connectivity index (χ2v) is 5.01. The summed E-state index contributed by atoms with van der Waals surface area (Å²) in [5.74, 6) is -0.848. The van der Waals surface area contributed by atoms with Gasteiger partial charge < -0.3 is 14.9 Å². The molecule has 1 aliphatic heterocycles. The molecule has 2 unspecified atom stereocenters. The number of aliphatic hydroxyl groups excluding tert-OH is 1. The van der Waals surface area contributed by atoms with Crippen LogP contribution in [0.3, 0.4) is 0 Å². The number of carbonyl (C=O) groups is 2. The van der Waals surface area contributed by atoms with Crippen LogP contribution in [0.5, 0.6) is 0 Å². The Bertz CT molecular complexity index is 261. The third-order valence-electron chi connectivity index (χ3n) is 2.21. The van der Waals surface area contributed by atoms with E-state index in [0.29, 0.717) is 19.4 Å². The molecule has 1 saturated heterocycles. The van der Waals surface area contributed by atoms with Crippen LogP contribution >= 0.6 is 0 Å². The van der Waals surface area contributed by atoms with Crippen LogP contribution in [-0.4, -0.2) is 58.9 Å². The molecule has 17 heavy (non-hydrogen) atoms. The van der Waals surface area contributed by atoms with Crippen LogP contribution in [0.1, 0.15) is 27.2 Å². The van der Waals surface area contributed by atoms with Gasteiger partial charge in [-0.05, 0) is 27.8 Å². The Balaban J connectivity index is 0.000000325. The van der Waals surface area contributed by atoms with Crippen LogP contribution in [0.2, 0.25) is 0 Å². The minimum atomic E-state index is -0.848. The SMILES string of the molecule is CC(C)(C)OC=O.CN1CC(O)CC1C(=O)O. The van der Waals surface area contributed by atoms with Crippen molar-refractivity contribution in [3.05, 3.63) is 0 Å². The highest BCUT2D eigenvalue weighted by Crippen LogP contribution is 2.14. The highest BCUT2D eigenvalue weighted by molar-refractivity contribution is 5.73. The van der Waals surface area contributed by atoms with Gasteiger partial charge in [-0.3, -0.25) is 14.5 Å². The quantitative estimate of drug-likeness (QED) is 0.673. The van der Waals surface area contributed by atoms with Crippen molar-refractivity contribution in [2.24, 2.45) is 0 Å². The van der Waals surface area contributed by atoms with Gasteiger partial charge >= 0.3 is 5.97 Å². The van der Waals surface area contributed by atoms with E-state index in [1.807, 2.05) is 20.8 Å². The molecule has 2 N–H and O–H groups in total. The topological polar surface area (TPSA) is 87.1 Å². The number of likely N-dealkylation sites (N-methyl/N-ethyl adjacent to an activating group) is 1. The Hall–Kier alpha value is -1.14. The van der Waals surface area contributed by atoms with Crippen molar-refractivity contribution in [3.63, 3.8) is 0 Å². The van der Waals surface area contributed by atoms with Gasteiger partial charge in [0.15, 0.2) is 0 Å². The van der Waals surface area contributed by atoms with E-state index in [9.17, 15) is 9.59 Å². The molecular formula is C11H21NO5. The molecule has 0 aromatic rings. The third-order valence-corrected chi connectivity index (χ3v) is 2.21. The molecule has 0 aliphatic carbocycles. The molecule has 2 atom stereocenters. The molecule has 0 amide bonds. The van der Waals surface area contributed by atoms with Crippen LogP contribution in [0.25, 0.3) is 0 Å². The van der Waals surface area contributed by atoms with E-state index < -0.39 is 18.1 Å². The van der Waals surface area contributed by atoms with Crippen LogP contribution in [0.4, 0.5) is 0 Å². The normalized spacial score (nSPS) is 24.8. The Morgan fingerprint density at radius 1 is 1.47 bits per heavy atom. The summed E-state index contributed by atoms with van der Waals surface area (Å²) >= 11 is 0. The van der Waals surface area contributed by atoms with Crippen LogP contribution in [0, 0.1) is 0 Å². The van der Waals surface area contributed by atoms with Crippen molar-refractivity contribution in [1.29, 1.82) is 0 Å². The van der Waals surface area contributed by atoms with Crippen molar-refractivity contribution in [1.82, 2.24) is 4.90 Å². The molecule has 0 radical (unpaired) electrons. The van der Waals surface area contributed by atoms with E-state index in [2.05, 4.69) is 4.74 Å². The first kappa shape index (κ1) is 15.9. The number of hydrogen-bond acceptors (Lipinski definition) is 5. The van der Waals surface area contributed by atoms with Gasteiger partial charge in [0.2, 0.25) is 0 Å². The molecule has 0 bridgehead atoms. The highest BCUT2D eigenvalue weighted by Gasteiger charge is 2.32. The van der Waals surface area contributed by atoms with Gasteiger partial charge in [-0.1, -0.05) is 0 Å². The second kappa shape index (κ2) is 6.56. The van der Waals surface area contributed by atoms with Gasteiger partial charge in [-0.15, -0.1) is 0 Å². The Morgan fingerprint density at radius 3 is 2.12 bits per heavy atom. The summed E-state index contributed by atoms with van der Waals surface area (Å²) in [6.45, 7) is 6.39. The lowest BCUT2D eigenvalue weighted by atomic mass is 10.2. The minimum absolute atomic E-state index is 0.318. The monoisotopic (exact) mass is 247 g/mol. The van der Waals surface area contributed by atoms with Crippen molar-refractivity contribution < 1.29 is 24.5 Å². The van der Waals surface area contributed by atoms with E-state index in [-0.39, 0.29) is 5.60 Å². The predicted molar refractivity (Wildman–Crippen MR) is 61.6 cm³/mol. The Morgan fingerprint density at radius 2 is 2.00 bits per heavy atom. The summed E-state index contributed by atoms with van der Waals surface area (Å²) in [4.78, 5) is 21.6. The van der Waals surface area contributed by atoms with Crippen LogP contribution in [-0.2, 0) is 14.3 Å². The second-order valence-electron chi connectivity index (χ2n) is 5.01. The standard InChI is InChI=1S/C6H11NO3.C5H10O2/c1-7-3-4(8)2-5(7)6(9)10;1-5(2,3)7-4-6/h4-5,8H,2-3H2,1H3,(H,9,10);4H,1-3H3. The summed E-state index contributed by atoms with van der Waals surface area (Å²) in [7, 11) is 1.70. The molecule has 0 saturated carbocycles. The minimum Gasteiger partial charge on any atom is -0.480 e. The van der Waals surface area contributed by atoms with Gasteiger partial charge in [0.1, 0.15) is 11.6 Å². The Kier molecular flexibility index (Phi) is 6.12. The molecule has 1 aliphatic rings. The maximum atomic E-state index is 10.4. The average Bonchev–Trinajstić information content (AvgIpc) is 2.44. The first-order valence-corrected chi connectivity index (χ1v) is 5.40. The molecule has 1 rings (SSSR count). The number of β-amino-alcohol motifs (C(OH)–C–C–N with tert-alkyl or cyclic N) is 1. The number of carboxylic acid groups (broad SMARTS) is 1. The van der Waals surface area contributed by atoms with E-state index in [1.165, 1.54) is 0 Å². The fourth-order valence-electron chi connectivity index (χ4n) is 1.41. The highest BCUT2D eigenvalue weighted by atomic mass is 16.5. The van der Waals surface area contributed by atoms with Crippen molar-refractivity contribution in [2.75, 3.05) is 13.6 Å². The number of rotatable bonds is 2. The lowest BCUT2D eigenvalue weighted by Gasteiger charge is -2.14. The summed E-state index contributed by atoms with van der Waals surface area (Å²) in [5, 5.41) is 17.6. The fraction of sp³-hybridized carbons (Fsp3) is 0.818. The molecule has 100 valence electrons. The molecule has 6 heteroatoms. The number of nitrogens with zero attached hydrogens (tertiary/aromatic N) is 1. The van der Waals surface area contributed by atoms with E-state index in [4.69, 9.17) is 10.2 Å².